The minimum atomic E-state index is -0.360. The molecule has 0 aromatic rings. The Morgan fingerprint density at radius 1 is 1.41 bits per heavy atom. The molecule has 0 aromatic heterocycles. The smallest absolute Gasteiger partial charge is 0.230 e. The fourth-order valence-electron chi connectivity index (χ4n) is 1.31. The van der Waals surface area contributed by atoms with Crippen LogP contribution in [0.4, 0.5) is 0 Å². The van der Waals surface area contributed by atoms with Crippen LogP contribution in [0.3, 0.4) is 0 Å². The van der Waals surface area contributed by atoms with Crippen molar-refractivity contribution in [3.63, 3.8) is 0 Å². The van der Waals surface area contributed by atoms with Crippen LogP contribution in [-0.4, -0.2) is 30.7 Å². The van der Waals surface area contributed by atoms with E-state index in [9.17, 15) is 4.79 Å². The zero-order chi connectivity index (χ0) is 13.3. The highest BCUT2D eigenvalue weighted by Gasteiger charge is 2.18. The molecule has 3 N–H and O–H groups in total. The van der Waals surface area contributed by atoms with E-state index in [0.29, 0.717) is 25.5 Å². The maximum Gasteiger partial charge on any atom is 0.230 e. The van der Waals surface area contributed by atoms with Gasteiger partial charge in [-0.25, -0.2) is 0 Å². The average Bonchev–Trinajstić information content (AvgIpc) is 2.23. The number of thiocarbonyl (C=S) groups is 1. The van der Waals surface area contributed by atoms with Gasteiger partial charge < -0.3 is 15.8 Å². The summed E-state index contributed by atoms with van der Waals surface area (Å²) in [5.41, 5.74) is 5.47. The van der Waals surface area contributed by atoms with Crippen LogP contribution >= 0.6 is 12.2 Å². The van der Waals surface area contributed by atoms with Gasteiger partial charge in [0, 0.05) is 13.2 Å². The van der Waals surface area contributed by atoms with Gasteiger partial charge in [0.25, 0.3) is 0 Å². The molecule has 0 fully saturated rings. The first-order valence-electron chi connectivity index (χ1n) is 6.13. The number of carbonyl (C=O) groups excluding carboxylic acids is 1. The van der Waals surface area contributed by atoms with Gasteiger partial charge in [0.2, 0.25) is 5.91 Å². The van der Waals surface area contributed by atoms with Crippen LogP contribution in [0.5, 0.6) is 0 Å². The second kappa shape index (κ2) is 9.36. The van der Waals surface area contributed by atoms with Crippen molar-refractivity contribution in [2.75, 3.05) is 19.8 Å². The molecule has 0 rings (SSSR count). The van der Waals surface area contributed by atoms with E-state index in [-0.39, 0.29) is 16.8 Å². The number of rotatable bonds is 9. The Hall–Kier alpha value is -0.680. The molecule has 0 aliphatic carbocycles. The minimum absolute atomic E-state index is 0.104. The Labute approximate surface area is 109 Å². The van der Waals surface area contributed by atoms with Crippen LogP contribution in [-0.2, 0) is 9.53 Å². The fourth-order valence-corrected chi connectivity index (χ4v) is 1.58. The molecule has 0 aromatic carbocycles. The molecule has 0 aliphatic heterocycles. The van der Waals surface area contributed by atoms with Crippen LogP contribution in [0, 0.1) is 11.8 Å². The number of ether oxygens (including phenoxy) is 1. The lowest BCUT2D eigenvalue weighted by atomic mass is 10.1. The first-order valence-corrected chi connectivity index (χ1v) is 6.54. The predicted molar refractivity (Wildman–Crippen MR) is 73.9 cm³/mol. The van der Waals surface area contributed by atoms with E-state index in [1.165, 1.54) is 0 Å². The van der Waals surface area contributed by atoms with Crippen LogP contribution in [0.2, 0.25) is 0 Å². The van der Waals surface area contributed by atoms with Crippen molar-refractivity contribution in [1.29, 1.82) is 0 Å². The minimum Gasteiger partial charge on any atom is -0.393 e. The molecular formula is C12H24N2O2S. The topological polar surface area (TPSA) is 64.3 Å². The summed E-state index contributed by atoms with van der Waals surface area (Å²) in [7, 11) is 0. The third kappa shape index (κ3) is 8.10. The van der Waals surface area contributed by atoms with Crippen molar-refractivity contribution >= 4 is 23.1 Å². The molecule has 0 heterocycles. The summed E-state index contributed by atoms with van der Waals surface area (Å²) in [4.78, 5) is 11.9. The number of carbonyl (C=O) groups is 1. The quantitative estimate of drug-likeness (QED) is 0.487. The van der Waals surface area contributed by atoms with Gasteiger partial charge in [-0.15, -0.1) is 0 Å². The Morgan fingerprint density at radius 3 is 2.53 bits per heavy atom. The van der Waals surface area contributed by atoms with Gasteiger partial charge in [0.15, 0.2) is 0 Å². The van der Waals surface area contributed by atoms with E-state index >= 15 is 0 Å². The second-order valence-corrected chi connectivity index (χ2v) is 4.92. The molecule has 0 spiro atoms. The molecule has 0 saturated carbocycles. The van der Waals surface area contributed by atoms with Crippen LogP contribution in [0.25, 0.3) is 0 Å². The summed E-state index contributed by atoms with van der Waals surface area (Å²) >= 11 is 4.83. The molecular weight excluding hydrogens is 236 g/mol. The summed E-state index contributed by atoms with van der Waals surface area (Å²) in [6, 6.07) is 0. The van der Waals surface area contributed by atoms with Crippen molar-refractivity contribution < 1.29 is 9.53 Å². The Bertz CT molecular complexity index is 245. The molecule has 0 aliphatic rings. The predicted octanol–water partition coefficient (Wildman–Crippen LogP) is 1.48. The molecule has 0 saturated heterocycles. The molecule has 17 heavy (non-hydrogen) atoms. The highest BCUT2D eigenvalue weighted by Crippen LogP contribution is 2.02. The monoisotopic (exact) mass is 260 g/mol. The van der Waals surface area contributed by atoms with Crippen LogP contribution in [0.1, 0.15) is 33.6 Å². The van der Waals surface area contributed by atoms with Crippen LogP contribution in [0.15, 0.2) is 0 Å². The Balaban J connectivity index is 3.60. The third-order valence-corrected chi connectivity index (χ3v) is 2.74. The zero-order valence-electron chi connectivity index (χ0n) is 11.0. The van der Waals surface area contributed by atoms with Crippen molar-refractivity contribution in [2.45, 2.75) is 33.6 Å². The standard InChI is InChI=1S/C12H24N2O2S/c1-4-10(11(13)17)12(15)14-6-8-16-7-5-9(2)3/h9-10H,4-8H2,1-3H3,(H2,13,17)(H,14,15). The van der Waals surface area contributed by atoms with E-state index < -0.39 is 0 Å². The van der Waals surface area contributed by atoms with Crippen molar-refractivity contribution in [3.05, 3.63) is 0 Å². The van der Waals surface area contributed by atoms with Crippen molar-refractivity contribution in [2.24, 2.45) is 17.6 Å². The maximum absolute atomic E-state index is 11.6. The van der Waals surface area contributed by atoms with Gasteiger partial charge in [0.05, 0.1) is 17.5 Å². The van der Waals surface area contributed by atoms with Gasteiger partial charge in [-0.3, -0.25) is 4.79 Å². The van der Waals surface area contributed by atoms with Crippen LogP contribution < -0.4 is 11.1 Å². The molecule has 0 radical (unpaired) electrons. The second-order valence-electron chi connectivity index (χ2n) is 4.45. The van der Waals surface area contributed by atoms with Gasteiger partial charge in [-0.1, -0.05) is 33.0 Å². The van der Waals surface area contributed by atoms with E-state index in [4.69, 9.17) is 22.7 Å². The largest absolute Gasteiger partial charge is 0.393 e. The molecule has 0 bridgehead atoms. The average molecular weight is 260 g/mol. The summed E-state index contributed by atoms with van der Waals surface area (Å²) in [5, 5.41) is 2.77. The lowest BCUT2D eigenvalue weighted by molar-refractivity contribution is -0.123. The van der Waals surface area contributed by atoms with Gasteiger partial charge in [-0.05, 0) is 18.8 Å². The molecule has 1 atom stereocenters. The summed E-state index contributed by atoms with van der Waals surface area (Å²) in [6.07, 6.45) is 1.67. The van der Waals surface area contributed by atoms with Crippen molar-refractivity contribution in [1.82, 2.24) is 5.32 Å². The molecule has 1 amide bonds. The number of hydrogen-bond acceptors (Lipinski definition) is 3. The van der Waals surface area contributed by atoms with E-state index in [1.807, 2.05) is 6.92 Å². The molecule has 4 nitrogen and oxygen atoms in total. The summed E-state index contributed by atoms with van der Waals surface area (Å²) in [5.74, 6) is 0.178. The summed E-state index contributed by atoms with van der Waals surface area (Å²) in [6.45, 7) is 7.98. The number of amides is 1. The Kier molecular flexibility index (Phi) is 8.99. The molecule has 100 valence electrons. The first kappa shape index (κ1) is 16.3. The molecule has 5 heteroatoms. The number of nitrogens with two attached hydrogens (primary N) is 1. The normalized spacial score (nSPS) is 12.5. The maximum atomic E-state index is 11.6. The number of nitrogens with one attached hydrogen (secondary N) is 1. The van der Waals surface area contributed by atoms with E-state index in [1.54, 1.807) is 0 Å². The third-order valence-electron chi connectivity index (χ3n) is 2.45. The van der Waals surface area contributed by atoms with Gasteiger partial charge in [0.1, 0.15) is 0 Å². The highest BCUT2D eigenvalue weighted by atomic mass is 32.1. The summed E-state index contributed by atoms with van der Waals surface area (Å²) < 4.78 is 5.39. The van der Waals surface area contributed by atoms with Gasteiger partial charge >= 0.3 is 0 Å². The SMILES string of the molecule is CCC(C(=O)NCCOCCC(C)C)C(N)=S. The fraction of sp³-hybridized carbons (Fsp3) is 0.833. The zero-order valence-corrected chi connectivity index (χ0v) is 11.8. The molecule has 1 unspecified atom stereocenters. The van der Waals surface area contributed by atoms with E-state index in [0.717, 1.165) is 13.0 Å². The highest BCUT2D eigenvalue weighted by molar-refractivity contribution is 7.80. The first-order chi connectivity index (χ1) is 7.99. The number of hydrogen-bond donors (Lipinski definition) is 2. The Morgan fingerprint density at radius 2 is 2.06 bits per heavy atom. The van der Waals surface area contributed by atoms with Gasteiger partial charge in [-0.2, -0.15) is 0 Å². The lowest BCUT2D eigenvalue weighted by Crippen LogP contribution is -2.38. The van der Waals surface area contributed by atoms with E-state index in [2.05, 4.69) is 19.2 Å². The van der Waals surface area contributed by atoms with Crippen molar-refractivity contribution in [3.8, 4) is 0 Å². The lowest BCUT2D eigenvalue weighted by Gasteiger charge is -2.13.